The van der Waals surface area contributed by atoms with Crippen LogP contribution in [-0.4, -0.2) is 31.0 Å². The van der Waals surface area contributed by atoms with Gasteiger partial charge in [0.05, 0.1) is 6.61 Å². The molecule has 0 aliphatic heterocycles. The minimum atomic E-state index is -2.67. The summed E-state index contributed by atoms with van der Waals surface area (Å²) < 4.78 is 19.0. The van der Waals surface area contributed by atoms with Crippen molar-refractivity contribution < 1.29 is 18.7 Å². The Morgan fingerprint density at radius 1 is 0.839 bits per heavy atom. The number of carbonyl (C=O) groups is 2. The molecule has 0 aromatic rings. The molecule has 0 aromatic carbocycles. The molecule has 0 aliphatic rings. The largest absolute Gasteiger partial charge is 0.328 e. The molecule has 0 rings (SSSR count). The Morgan fingerprint density at radius 3 is 1.84 bits per heavy atom. The molecule has 0 aromatic heterocycles. The number of carbonyl (C=O) groups excluding carboxylic acids is 2. The molecule has 2 unspecified atom stereocenters. The highest BCUT2D eigenvalue weighted by atomic mass is 31.2. The van der Waals surface area contributed by atoms with E-state index in [-0.39, 0.29) is 22.4 Å². The van der Waals surface area contributed by atoms with Gasteiger partial charge in [-0.1, -0.05) is 52.0 Å². The van der Waals surface area contributed by atoms with Gasteiger partial charge < -0.3 is 14.1 Å². The van der Waals surface area contributed by atoms with Gasteiger partial charge >= 0.3 is 0 Å². The van der Waals surface area contributed by atoms with Gasteiger partial charge in [0.15, 0.2) is 7.37 Å². The highest BCUT2D eigenvalue weighted by molar-refractivity contribution is 7.58. The van der Waals surface area contributed by atoms with E-state index in [9.17, 15) is 14.2 Å². The topological polar surface area (TPSA) is 60.4 Å². The first-order valence-corrected chi connectivity index (χ1v) is 13.8. The lowest BCUT2D eigenvalue weighted by molar-refractivity contribution is -0.117. The quantitative estimate of drug-likeness (QED) is 0.166. The molecule has 0 fully saturated rings. The van der Waals surface area contributed by atoms with Gasteiger partial charge in [0.25, 0.3) is 0 Å². The fourth-order valence-electron chi connectivity index (χ4n) is 3.47. The normalized spacial score (nSPS) is 15.7. The summed E-state index contributed by atoms with van der Waals surface area (Å²) in [5.41, 5.74) is 2.07. The summed E-state index contributed by atoms with van der Waals surface area (Å²) >= 11 is 0. The maximum absolute atomic E-state index is 13.0. The van der Waals surface area contributed by atoms with E-state index in [0.29, 0.717) is 38.5 Å². The summed E-state index contributed by atoms with van der Waals surface area (Å²) in [7, 11) is -2.67. The zero-order valence-electron chi connectivity index (χ0n) is 21.3. The summed E-state index contributed by atoms with van der Waals surface area (Å²) in [6.45, 7) is 22.4. The van der Waals surface area contributed by atoms with E-state index in [1.807, 2.05) is 0 Å². The van der Waals surface area contributed by atoms with Crippen molar-refractivity contribution in [2.24, 2.45) is 10.8 Å². The SMILES string of the molecule is C=C(CCC(C)=O)CCC(C)(COP(C)(=O)CCCC(C)(C)C)CC(=C)CCC(C)=O. The Kier molecular flexibility index (Phi) is 13.1. The minimum absolute atomic E-state index is 0.161. The maximum atomic E-state index is 13.0. The fourth-order valence-corrected chi connectivity index (χ4v) is 4.91. The van der Waals surface area contributed by atoms with Crippen LogP contribution in [0.1, 0.15) is 99.3 Å². The number of ketones is 2. The monoisotopic (exact) mass is 454 g/mol. The summed E-state index contributed by atoms with van der Waals surface area (Å²) in [6.07, 6.45) is 7.25. The lowest BCUT2D eigenvalue weighted by Gasteiger charge is -2.32. The summed E-state index contributed by atoms with van der Waals surface area (Å²) in [5, 5.41) is 0. The molecule has 0 spiro atoms. The molecule has 180 valence electrons. The Labute approximate surface area is 191 Å². The highest BCUT2D eigenvalue weighted by Crippen LogP contribution is 2.47. The van der Waals surface area contributed by atoms with Gasteiger partial charge in [-0.3, -0.25) is 4.57 Å². The molecule has 0 saturated carbocycles. The Bertz CT molecular complexity index is 671. The number of Topliss-reactive ketones (excluding diaryl/α,β-unsaturated/α-hetero) is 2. The zero-order chi connectivity index (χ0) is 24.3. The third-order valence-electron chi connectivity index (χ3n) is 5.60. The predicted molar refractivity (Wildman–Crippen MR) is 133 cm³/mol. The van der Waals surface area contributed by atoms with E-state index in [1.165, 1.54) is 0 Å². The van der Waals surface area contributed by atoms with Crippen LogP contribution >= 0.6 is 7.37 Å². The smallest absolute Gasteiger partial charge is 0.200 e. The standard InChI is InChI=1S/C26H47O4P/c1-21(11-13-23(3)27)15-17-26(8,19-22(2)12-14-24(4)28)20-30-31(9,29)18-10-16-25(5,6)7/h1-2,10-20H2,3-9H3. The lowest BCUT2D eigenvalue weighted by Crippen LogP contribution is -2.24. The van der Waals surface area contributed by atoms with E-state index in [4.69, 9.17) is 4.52 Å². The molecule has 31 heavy (non-hydrogen) atoms. The van der Waals surface area contributed by atoms with E-state index in [0.717, 1.165) is 43.3 Å². The molecule has 0 aliphatic carbocycles. The van der Waals surface area contributed by atoms with Crippen LogP contribution in [0.4, 0.5) is 0 Å². The molecule has 0 bridgehead atoms. The predicted octanol–water partition coefficient (Wildman–Crippen LogP) is 7.76. The molecule has 0 saturated heterocycles. The molecular formula is C26H47O4P. The van der Waals surface area contributed by atoms with Gasteiger partial charge in [-0.15, -0.1) is 0 Å². The number of hydrogen-bond acceptors (Lipinski definition) is 4. The molecule has 0 heterocycles. The van der Waals surface area contributed by atoms with Crippen LogP contribution in [0.3, 0.4) is 0 Å². The van der Waals surface area contributed by atoms with Gasteiger partial charge in [0.1, 0.15) is 11.6 Å². The van der Waals surface area contributed by atoms with Crippen molar-refractivity contribution in [2.75, 3.05) is 19.4 Å². The van der Waals surface area contributed by atoms with Crippen molar-refractivity contribution in [3.05, 3.63) is 24.3 Å². The van der Waals surface area contributed by atoms with Gasteiger partial charge in [-0.05, 0) is 69.6 Å². The molecule has 0 amide bonds. The van der Waals surface area contributed by atoms with E-state index < -0.39 is 7.37 Å². The number of allylic oxidation sites excluding steroid dienone is 2. The summed E-state index contributed by atoms with van der Waals surface area (Å²) in [6, 6.07) is 0. The third-order valence-corrected chi connectivity index (χ3v) is 7.40. The number of rotatable bonds is 17. The van der Waals surface area contributed by atoms with E-state index >= 15 is 0 Å². The molecule has 4 nitrogen and oxygen atoms in total. The van der Waals surface area contributed by atoms with Crippen LogP contribution in [0.2, 0.25) is 0 Å². The van der Waals surface area contributed by atoms with Crippen LogP contribution in [0.15, 0.2) is 24.3 Å². The van der Waals surface area contributed by atoms with Crippen LogP contribution in [0.25, 0.3) is 0 Å². The second-order valence-electron chi connectivity index (χ2n) is 11.1. The first kappa shape index (κ1) is 30.0. The first-order chi connectivity index (χ1) is 14.0. The fraction of sp³-hybridized carbons (Fsp3) is 0.769. The van der Waals surface area contributed by atoms with Crippen LogP contribution in [0, 0.1) is 10.8 Å². The van der Waals surface area contributed by atoms with Crippen molar-refractivity contribution in [3.63, 3.8) is 0 Å². The van der Waals surface area contributed by atoms with Crippen molar-refractivity contribution in [1.82, 2.24) is 0 Å². The van der Waals surface area contributed by atoms with Gasteiger partial charge in [-0.25, -0.2) is 0 Å². The van der Waals surface area contributed by atoms with Gasteiger partial charge in [-0.2, -0.15) is 0 Å². The maximum Gasteiger partial charge on any atom is 0.200 e. The average molecular weight is 455 g/mol. The highest BCUT2D eigenvalue weighted by Gasteiger charge is 2.29. The van der Waals surface area contributed by atoms with Gasteiger partial charge in [0, 0.05) is 25.7 Å². The van der Waals surface area contributed by atoms with Crippen LogP contribution in [0.5, 0.6) is 0 Å². The summed E-state index contributed by atoms with van der Waals surface area (Å²) in [4.78, 5) is 22.6. The molecule has 2 atom stereocenters. The van der Waals surface area contributed by atoms with Crippen molar-refractivity contribution in [3.8, 4) is 0 Å². The number of hydrogen-bond donors (Lipinski definition) is 0. The molecule has 0 N–H and O–H groups in total. The van der Waals surface area contributed by atoms with Crippen molar-refractivity contribution >= 4 is 18.9 Å². The van der Waals surface area contributed by atoms with E-state index in [2.05, 4.69) is 40.9 Å². The van der Waals surface area contributed by atoms with Gasteiger partial charge in [0.2, 0.25) is 0 Å². The van der Waals surface area contributed by atoms with Crippen molar-refractivity contribution in [1.29, 1.82) is 0 Å². The van der Waals surface area contributed by atoms with Crippen LogP contribution < -0.4 is 0 Å². The summed E-state index contributed by atoms with van der Waals surface area (Å²) in [5.74, 6) is 0.334. The second-order valence-corrected chi connectivity index (χ2v) is 13.8. The Balaban J connectivity index is 5.00. The van der Waals surface area contributed by atoms with Crippen LogP contribution in [-0.2, 0) is 18.7 Å². The van der Waals surface area contributed by atoms with E-state index in [1.54, 1.807) is 20.5 Å². The lowest BCUT2D eigenvalue weighted by atomic mass is 9.78. The molecule has 5 heteroatoms. The Hall–Kier alpha value is -0.990. The zero-order valence-corrected chi connectivity index (χ0v) is 22.2. The second kappa shape index (κ2) is 13.5. The van der Waals surface area contributed by atoms with Crippen molar-refractivity contribution in [2.45, 2.75) is 99.3 Å². The first-order valence-electron chi connectivity index (χ1n) is 11.6. The molecule has 0 radical (unpaired) electrons. The molecular weight excluding hydrogens is 407 g/mol. The average Bonchev–Trinajstić information content (AvgIpc) is 2.60. The minimum Gasteiger partial charge on any atom is -0.328 e. The Morgan fingerprint density at radius 2 is 1.35 bits per heavy atom. The third kappa shape index (κ3) is 17.3.